The molecule has 1 fully saturated rings. The molecule has 1 saturated heterocycles. The van der Waals surface area contributed by atoms with Crippen molar-refractivity contribution in [2.75, 3.05) is 13.1 Å². The number of nitrogens with zero attached hydrogens (tertiary/aromatic N) is 1. The Kier molecular flexibility index (Phi) is 6.19. The Bertz CT molecular complexity index is 1050. The highest BCUT2D eigenvalue weighted by Crippen LogP contribution is 2.42. The lowest BCUT2D eigenvalue weighted by Gasteiger charge is -2.41. The summed E-state index contributed by atoms with van der Waals surface area (Å²) in [7, 11) is 0. The summed E-state index contributed by atoms with van der Waals surface area (Å²) in [5.74, 6) is -4.13. The number of alkyl halides is 2. The van der Waals surface area contributed by atoms with E-state index in [0.717, 1.165) is 0 Å². The number of carbonyl (C=O) groups excluding carboxylic acids is 1. The first kappa shape index (κ1) is 22.1. The van der Waals surface area contributed by atoms with Crippen molar-refractivity contribution in [3.8, 4) is 5.75 Å². The summed E-state index contributed by atoms with van der Waals surface area (Å²) in [6, 6.07) is 11.2. The number of hydrogen-bond acceptors (Lipinski definition) is 6. The minimum absolute atomic E-state index is 0.0138. The summed E-state index contributed by atoms with van der Waals surface area (Å²) in [5, 5.41) is 10.0. The van der Waals surface area contributed by atoms with E-state index >= 15 is 0 Å². The van der Waals surface area contributed by atoms with Crippen LogP contribution in [-0.4, -0.2) is 35.3 Å². The van der Waals surface area contributed by atoms with Gasteiger partial charge in [-0.15, -0.1) is 0 Å². The highest BCUT2D eigenvalue weighted by atomic mass is 19.3. The summed E-state index contributed by atoms with van der Waals surface area (Å²) in [5.41, 5.74) is 20.3. The van der Waals surface area contributed by atoms with Gasteiger partial charge in [-0.2, -0.15) is 0 Å². The normalized spacial score (nSPS) is 18.5. The number of carbonyl (C=O) groups is 1. The summed E-state index contributed by atoms with van der Waals surface area (Å²) in [6.07, 6.45) is 1.78. The van der Waals surface area contributed by atoms with Crippen molar-refractivity contribution in [2.24, 2.45) is 17.2 Å². The molecule has 0 saturated carbocycles. The number of piperidine rings is 1. The van der Waals surface area contributed by atoms with E-state index in [2.05, 4.69) is 0 Å². The molecule has 8 heteroatoms. The Hall–Kier alpha value is -3.55. The summed E-state index contributed by atoms with van der Waals surface area (Å²) in [6.45, 7) is 1.71. The Morgan fingerprint density at radius 1 is 1.19 bits per heavy atom. The second kappa shape index (κ2) is 8.67. The van der Waals surface area contributed by atoms with E-state index in [-0.39, 0.29) is 30.4 Å². The van der Waals surface area contributed by atoms with Gasteiger partial charge in [0.25, 0.3) is 5.92 Å². The fourth-order valence-electron chi connectivity index (χ4n) is 3.91. The molecule has 0 bridgehead atoms. The first-order chi connectivity index (χ1) is 14.6. The number of phenols is 1. The maximum atomic E-state index is 14.9. The predicted octanol–water partition coefficient (Wildman–Crippen LogP) is 3.02. The molecular weight excluding hydrogens is 402 g/mol. The van der Waals surface area contributed by atoms with Gasteiger partial charge in [-0.05, 0) is 42.3 Å². The van der Waals surface area contributed by atoms with E-state index < -0.39 is 18.3 Å². The number of halogens is 2. The van der Waals surface area contributed by atoms with Crippen LogP contribution in [0.2, 0.25) is 0 Å². The van der Waals surface area contributed by atoms with Crippen LogP contribution in [0.1, 0.15) is 39.4 Å². The van der Waals surface area contributed by atoms with Crippen LogP contribution in [-0.2, 0) is 0 Å². The highest BCUT2D eigenvalue weighted by Gasteiger charge is 2.45. The Morgan fingerprint density at radius 3 is 2.52 bits per heavy atom. The second-order valence-corrected chi connectivity index (χ2v) is 7.70. The molecule has 1 unspecified atom stereocenters. The van der Waals surface area contributed by atoms with E-state index in [0.29, 0.717) is 34.2 Å². The summed E-state index contributed by atoms with van der Waals surface area (Å²) in [4.78, 5) is 12.7. The predicted molar refractivity (Wildman–Crippen MR) is 116 cm³/mol. The highest BCUT2D eigenvalue weighted by molar-refractivity contribution is 5.75. The fraction of sp³-hybridized carbons (Fsp3) is 0.261. The van der Waals surface area contributed by atoms with Crippen LogP contribution in [0.25, 0.3) is 5.70 Å². The van der Waals surface area contributed by atoms with Crippen LogP contribution >= 0.6 is 0 Å². The number of allylic oxidation sites excluding steroid dienone is 1. The molecule has 0 spiro atoms. The van der Waals surface area contributed by atoms with Gasteiger partial charge in [0.05, 0.1) is 11.6 Å². The van der Waals surface area contributed by atoms with Gasteiger partial charge in [0.2, 0.25) is 0 Å². The third-order valence-electron chi connectivity index (χ3n) is 5.58. The molecule has 0 aromatic heterocycles. The molecule has 0 amide bonds. The van der Waals surface area contributed by atoms with Gasteiger partial charge in [-0.25, -0.2) is 8.78 Å². The van der Waals surface area contributed by atoms with E-state index in [9.17, 15) is 18.7 Å². The number of hydrogen-bond donors (Lipinski definition) is 4. The largest absolute Gasteiger partial charge is 0.507 e. The number of aryl methyl sites for hydroxylation is 1. The average molecular weight is 428 g/mol. The number of aldehydes is 1. The SMILES string of the molecule is Cc1cc(C=O)ccc1C1CN(C(/C=C(\N)c2ccccc2O)=C(N)N)CCC1(F)F. The number of rotatable bonds is 5. The fourth-order valence-corrected chi connectivity index (χ4v) is 3.91. The molecule has 0 radical (unpaired) electrons. The Morgan fingerprint density at radius 2 is 1.90 bits per heavy atom. The second-order valence-electron chi connectivity index (χ2n) is 7.70. The lowest BCUT2D eigenvalue weighted by molar-refractivity contribution is -0.0694. The molecule has 1 heterocycles. The van der Waals surface area contributed by atoms with Crippen molar-refractivity contribution < 1.29 is 18.7 Å². The maximum Gasteiger partial charge on any atom is 0.258 e. The lowest BCUT2D eigenvalue weighted by atomic mass is 9.84. The zero-order chi connectivity index (χ0) is 22.8. The van der Waals surface area contributed by atoms with E-state index in [1.54, 1.807) is 42.2 Å². The third kappa shape index (κ3) is 4.63. The van der Waals surface area contributed by atoms with E-state index in [1.165, 1.54) is 18.2 Å². The smallest absolute Gasteiger partial charge is 0.258 e. The molecule has 1 atom stereocenters. The van der Waals surface area contributed by atoms with E-state index in [1.807, 2.05) is 0 Å². The van der Waals surface area contributed by atoms with Crippen LogP contribution in [0.4, 0.5) is 8.78 Å². The molecule has 1 aliphatic heterocycles. The van der Waals surface area contributed by atoms with Gasteiger partial charge in [0.15, 0.2) is 0 Å². The van der Waals surface area contributed by atoms with Crippen LogP contribution < -0.4 is 17.2 Å². The molecule has 31 heavy (non-hydrogen) atoms. The van der Waals surface area contributed by atoms with Crippen molar-refractivity contribution >= 4 is 12.0 Å². The molecule has 2 aromatic rings. The summed E-state index contributed by atoms with van der Waals surface area (Å²) < 4.78 is 29.8. The monoisotopic (exact) mass is 428 g/mol. The Labute approximate surface area is 179 Å². The lowest BCUT2D eigenvalue weighted by Crippen LogP contribution is -2.46. The molecule has 0 aliphatic carbocycles. The van der Waals surface area contributed by atoms with Crippen molar-refractivity contribution in [1.82, 2.24) is 4.90 Å². The minimum atomic E-state index is -2.94. The van der Waals surface area contributed by atoms with Gasteiger partial charge in [-0.1, -0.05) is 24.3 Å². The van der Waals surface area contributed by atoms with Crippen LogP contribution in [0.15, 0.2) is 60.1 Å². The maximum absolute atomic E-state index is 14.9. The molecule has 7 N–H and O–H groups in total. The quantitative estimate of drug-likeness (QED) is 0.429. The molecule has 6 nitrogen and oxygen atoms in total. The average Bonchev–Trinajstić information content (AvgIpc) is 2.72. The van der Waals surface area contributed by atoms with Crippen molar-refractivity contribution in [3.63, 3.8) is 0 Å². The van der Waals surface area contributed by atoms with Gasteiger partial charge in [0, 0.05) is 36.3 Å². The summed E-state index contributed by atoms with van der Waals surface area (Å²) >= 11 is 0. The number of likely N-dealkylation sites (tertiary alicyclic amines) is 1. The van der Waals surface area contributed by atoms with Crippen LogP contribution in [0, 0.1) is 6.92 Å². The zero-order valence-electron chi connectivity index (χ0n) is 17.2. The van der Waals surface area contributed by atoms with Gasteiger partial charge < -0.3 is 27.2 Å². The number of phenolic OH excluding ortho intramolecular Hbond substituents is 1. The minimum Gasteiger partial charge on any atom is -0.507 e. The Balaban J connectivity index is 1.96. The molecule has 164 valence electrons. The third-order valence-corrected chi connectivity index (χ3v) is 5.58. The van der Waals surface area contributed by atoms with Gasteiger partial charge in [0.1, 0.15) is 17.9 Å². The topological polar surface area (TPSA) is 119 Å². The van der Waals surface area contributed by atoms with Crippen molar-refractivity contribution in [1.29, 1.82) is 0 Å². The number of nitrogens with two attached hydrogens (primary N) is 3. The zero-order valence-corrected chi connectivity index (χ0v) is 17.2. The molecular formula is C23H26F2N4O2. The first-order valence-corrected chi connectivity index (χ1v) is 9.83. The van der Waals surface area contributed by atoms with Gasteiger partial charge >= 0.3 is 0 Å². The molecule has 1 aliphatic rings. The van der Waals surface area contributed by atoms with Crippen molar-refractivity contribution in [3.05, 3.63) is 82.3 Å². The first-order valence-electron chi connectivity index (χ1n) is 9.83. The van der Waals surface area contributed by atoms with Crippen molar-refractivity contribution in [2.45, 2.75) is 25.2 Å². The number of aromatic hydroxyl groups is 1. The van der Waals surface area contributed by atoms with Crippen LogP contribution in [0.3, 0.4) is 0 Å². The van der Waals surface area contributed by atoms with Crippen LogP contribution in [0.5, 0.6) is 5.75 Å². The molecule has 3 rings (SSSR count). The van der Waals surface area contributed by atoms with E-state index in [4.69, 9.17) is 17.2 Å². The number of benzene rings is 2. The van der Waals surface area contributed by atoms with Gasteiger partial charge in [-0.3, -0.25) is 4.79 Å². The molecule has 2 aromatic carbocycles. The number of para-hydroxylation sites is 1. The standard InChI is InChI=1S/C23H26F2N4O2/c1-14-10-15(13-30)6-7-16(14)18-12-29(9-8-23(18,24)25)20(22(27)28)11-19(26)17-4-2-3-5-21(17)31/h2-7,10-11,13,18,31H,8-9,12,26-28H2,1H3/b19-11-.